The van der Waals surface area contributed by atoms with Crippen molar-refractivity contribution in [3.05, 3.63) is 64.2 Å². The van der Waals surface area contributed by atoms with Gasteiger partial charge in [0.25, 0.3) is 5.91 Å². The van der Waals surface area contributed by atoms with E-state index in [2.05, 4.69) is 16.0 Å². The van der Waals surface area contributed by atoms with Crippen LogP contribution in [0.4, 0.5) is 23.7 Å². The molecule has 1 saturated heterocycles. The third-order valence-electron chi connectivity index (χ3n) is 6.29. The molecule has 2 heterocycles. The zero-order valence-corrected chi connectivity index (χ0v) is 19.7. The van der Waals surface area contributed by atoms with Crippen LogP contribution in [0.2, 0.25) is 0 Å². The summed E-state index contributed by atoms with van der Waals surface area (Å²) in [7, 11) is 0. The molecule has 0 saturated carbocycles. The van der Waals surface area contributed by atoms with E-state index in [9.17, 15) is 32.3 Å². The van der Waals surface area contributed by atoms with Gasteiger partial charge in [-0.25, -0.2) is 4.79 Å². The summed E-state index contributed by atoms with van der Waals surface area (Å²) in [5, 5.41) is 7.50. The van der Waals surface area contributed by atoms with Gasteiger partial charge in [-0.15, -0.1) is 0 Å². The van der Waals surface area contributed by atoms with E-state index in [1.165, 1.54) is 11.0 Å². The molecule has 4 rings (SSSR count). The van der Waals surface area contributed by atoms with Crippen LogP contribution < -0.4 is 16.0 Å². The number of carbonyl (C=O) groups excluding carboxylic acids is 4. The molecule has 1 unspecified atom stereocenters. The molecule has 0 radical (unpaired) electrons. The van der Waals surface area contributed by atoms with Crippen molar-refractivity contribution in [1.29, 1.82) is 0 Å². The van der Waals surface area contributed by atoms with E-state index in [1.54, 1.807) is 32.0 Å². The predicted molar refractivity (Wildman–Crippen MR) is 124 cm³/mol. The first-order valence-corrected chi connectivity index (χ1v) is 11.5. The normalized spacial score (nSPS) is 17.8. The zero-order chi connectivity index (χ0) is 26.2. The maximum atomic E-state index is 13.1. The molecular formula is C25H25F3N4O4. The number of anilines is 1. The van der Waals surface area contributed by atoms with Crippen LogP contribution in [0.15, 0.2) is 36.4 Å². The van der Waals surface area contributed by atoms with Gasteiger partial charge in [0.2, 0.25) is 11.8 Å². The summed E-state index contributed by atoms with van der Waals surface area (Å²) in [5.74, 6) is -1.42. The minimum absolute atomic E-state index is 0.0719. The minimum Gasteiger partial charge on any atom is -0.334 e. The molecule has 2 aromatic rings. The summed E-state index contributed by atoms with van der Waals surface area (Å²) in [6, 6.07) is 7.00. The van der Waals surface area contributed by atoms with Crippen molar-refractivity contribution in [2.45, 2.75) is 57.9 Å². The van der Waals surface area contributed by atoms with Crippen molar-refractivity contribution in [1.82, 2.24) is 15.5 Å². The third-order valence-corrected chi connectivity index (χ3v) is 6.29. The molecule has 1 atom stereocenters. The van der Waals surface area contributed by atoms with Crippen molar-refractivity contribution in [3.63, 3.8) is 0 Å². The highest BCUT2D eigenvalue weighted by Gasteiger charge is 2.39. The Morgan fingerprint density at radius 1 is 1.14 bits per heavy atom. The second-order valence-corrected chi connectivity index (χ2v) is 9.15. The number of nitrogens with zero attached hydrogens (tertiary/aromatic N) is 1. The molecule has 0 aliphatic carbocycles. The highest BCUT2D eigenvalue weighted by Crippen LogP contribution is 2.34. The van der Waals surface area contributed by atoms with Crippen molar-refractivity contribution in [2.75, 3.05) is 5.32 Å². The summed E-state index contributed by atoms with van der Waals surface area (Å²) in [5.41, 5.74) is 1.65. The Labute approximate surface area is 205 Å². The van der Waals surface area contributed by atoms with Crippen molar-refractivity contribution < 1.29 is 32.3 Å². The van der Waals surface area contributed by atoms with Crippen molar-refractivity contribution >= 4 is 29.4 Å². The molecule has 2 aliphatic heterocycles. The number of rotatable bonds is 5. The maximum absolute atomic E-state index is 13.1. The molecule has 0 bridgehead atoms. The Morgan fingerprint density at radius 3 is 2.56 bits per heavy atom. The number of urea groups is 1. The fourth-order valence-electron chi connectivity index (χ4n) is 4.39. The fraction of sp³-hybridized carbons (Fsp3) is 0.360. The lowest BCUT2D eigenvalue weighted by Gasteiger charge is -2.29. The van der Waals surface area contributed by atoms with Crippen LogP contribution in [-0.4, -0.2) is 34.7 Å². The lowest BCUT2D eigenvalue weighted by atomic mass is 9.98. The molecule has 2 aliphatic rings. The monoisotopic (exact) mass is 502 g/mol. The third kappa shape index (κ3) is 5.19. The Kier molecular flexibility index (Phi) is 6.75. The summed E-state index contributed by atoms with van der Waals surface area (Å²) in [6.45, 7) is 3.79. The molecule has 36 heavy (non-hydrogen) atoms. The highest BCUT2D eigenvalue weighted by atomic mass is 19.4. The van der Waals surface area contributed by atoms with Crippen LogP contribution in [0.1, 0.15) is 65.2 Å². The van der Waals surface area contributed by atoms with Gasteiger partial charge in [-0.2, -0.15) is 13.2 Å². The lowest BCUT2D eigenvalue weighted by molar-refractivity contribution is -0.138. The first-order chi connectivity index (χ1) is 16.9. The summed E-state index contributed by atoms with van der Waals surface area (Å²) in [4.78, 5) is 50.4. The quantitative estimate of drug-likeness (QED) is 0.539. The SMILES string of the molecule is CC(C)c1cc(C(F)(F)F)ccc1NC(=O)NCc1ccc2c(c1)C(=O)N(C1CCC(=O)NC1=O)C2. The molecule has 190 valence electrons. The van der Waals surface area contributed by atoms with E-state index >= 15 is 0 Å². The van der Waals surface area contributed by atoms with E-state index in [-0.39, 0.29) is 49.4 Å². The van der Waals surface area contributed by atoms with Gasteiger partial charge in [0, 0.05) is 30.8 Å². The molecule has 2 aromatic carbocycles. The van der Waals surface area contributed by atoms with Gasteiger partial charge in [0.05, 0.1) is 5.56 Å². The van der Waals surface area contributed by atoms with Gasteiger partial charge in [0.1, 0.15) is 6.04 Å². The van der Waals surface area contributed by atoms with E-state index in [0.717, 1.165) is 17.7 Å². The number of amides is 5. The summed E-state index contributed by atoms with van der Waals surface area (Å²) < 4.78 is 39.2. The molecule has 8 nitrogen and oxygen atoms in total. The molecule has 11 heteroatoms. The zero-order valence-electron chi connectivity index (χ0n) is 19.7. The number of halogens is 3. The maximum Gasteiger partial charge on any atom is 0.416 e. The number of imide groups is 1. The predicted octanol–water partition coefficient (Wildman–Crippen LogP) is 3.91. The number of carbonyl (C=O) groups is 4. The molecular weight excluding hydrogens is 477 g/mol. The van der Waals surface area contributed by atoms with Crippen LogP contribution >= 0.6 is 0 Å². The van der Waals surface area contributed by atoms with Crippen LogP contribution in [-0.2, 0) is 28.9 Å². The number of fused-ring (bicyclic) bond motifs is 1. The number of nitrogens with one attached hydrogen (secondary N) is 3. The molecule has 0 aromatic heterocycles. The fourth-order valence-corrected chi connectivity index (χ4v) is 4.39. The average molecular weight is 502 g/mol. The van der Waals surface area contributed by atoms with Gasteiger partial charge in [-0.3, -0.25) is 19.7 Å². The van der Waals surface area contributed by atoms with Gasteiger partial charge in [-0.05, 0) is 53.3 Å². The second kappa shape index (κ2) is 9.63. The summed E-state index contributed by atoms with van der Waals surface area (Å²) in [6.07, 6.45) is -4.05. The van der Waals surface area contributed by atoms with Crippen LogP contribution in [0.25, 0.3) is 0 Å². The standard InChI is InChI=1S/C25H25F3N4O4/c1-13(2)17-10-16(25(26,27)28)5-6-19(17)30-24(36)29-11-14-3-4-15-12-32(23(35)18(15)9-14)20-7-8-21(33)31-22(20)34/h3-6,9-10,13,20H,7-8,11-12H2,1-2H3,(H2,29,30,36)(H,31,33,34). The van der Waals surface area contributed by atoms with E-state index < -0.39 is 29.7 Å². The molecule has 5 amide bonds. The summed E-state index contributed by atoms with van der Waals surface area (Å²) >= 11 is 0. The lowest BCUT2D eigenvalue weighted by Crippen LogP contribution is -2.52. The van der Waals surface area contributed by atoms with E-state index in [4.69, 9.17) is 0 Å². The number of alkyl halides is 3. The second-order valence-electron chi connectivity index (χ2n) is 9.15. The van der Waals surface area contributed by atoms with Crippen LogP contribution in [0, 0.1) is 0 Å². The number of hydrogen-bond acceptors (Lipinski definition) is 4. The highest BCUT2D eigenvalue weighted by molar-refractivity contribution is 6.05. The van der Waals surface area contributed by atoms with Crippen molar-refractivity contribution in [3.8, 4) is 0 Å². The Morgan fingerprint density at radius 2 is 1.89 bits per heavy atom. The Hall–Kier alpha value is -3.89. The number of piperidine rings is 1. The first kappa shape index (κ1) is 25.2. The smallest absolute Gasteiger partial charge is 0.334 e. The number of hydrogen-bond donors (Lipinski definition) is 3. The Balaban J connectivity index is 1.40. The van der Waals surface area contributed by atoms with Gasteiger partial charge >= 0.3 is 12.2 Å². The van der Waals surface area contributed by atoms with Gasteiger partial charge in [0.15, 0.2) is 0 Å². The minimum atomic E-state index is -4.48. The molecule has 1 fully saturated rings. The van der Waals surface area contributed by atoms with Crippen LogP contribution in [0.5, 0.6) is 0 Å². The van der Waals surface area contributed by atoms with E-state index in [0.29, 0.717) is 16.7 Å². The first-order valence-electron chi connectivity index (χ1n) is 11.5. The number of benzene rings is 2. The molecule has 3 N–H and O–H groups in total. The topological polar surface area (TPSA) is 108 Å². The molecule has 0 spiro atoms. The van der Waals surface area contributed by atoms with Crippen LogP contribution in [0.3, 0.4) is 0 Å². The van der Waals surface area contributed by atoms with Gasteiger partial charge < -0.3 is 15.5 Å². The average Bonchev–Trinajstić information content (AvgIpc) is 3.12. The Bertz CT molecular complexity index is 1240. The van der Waals surface area contributed by atoms with Gasteiger partial charge in [-0.1, -0.05) is 26.0 Å². The van der Waals surface area contributed by atoms with Crippen molar-refractivity contribution in [2.24, 2.45) is 0 Å². The largest absolute Gasteiger partial charge is 0.416 e. The van der Waals surface area contributed by atoms with E-state index in [1.807, 2.05) is 0 Å².